The van der Waals surface area contributed by atoms with Gasteiger partial charge in [0.15, 0.2) is 0 Å². The van der Waals surface area contributed by atoms with Crippen molar-refractivity contribution in [2.45, 2.75) is 99.2 Å². The summed E-state index contributed by atoms with van der Waals surface area (Å²) in [7, 11) is 0. The molecule has 1 rings (SSSR count). The highest BCUT2D eigenvalue weighted by Crippen LogP contribution is 2.60. The molecule has 1 aliphatic rings. The van der Waals surface area contributed by atoms with Crippen LogP contribution in [-0.2, 0) is 0 Å². The monoisotopic (exact) mass is 279 g/mol. The van der Waals surface area contributed by atoms with Crippen molar-refractivity contribution in [1.82, 2.24) is 4.90 Å². The highest BCUT2D eigenvalue weighted by atomic mass is 15.3. The first-order valence-corrected chi connectivity index (χ1v) is 7.98. The van der Waals surface area contributed by atoms with Crippen LogP contribution in [0.4, 0.5) is 0 Å². The third-order valence-corrected chi connectivity index (χ3v) is 6.92. The fraction of sp³-hybridized carbons (Fsp3) is 0.895. The van der Waals surface area contributed by atoms with Crippen LogP contribution in [0.2, 0.25) is 0 Å². The summed E-state index contributed by atoms with van der Waals surface area (Å²) in [6, 6.07) is 0. The summed E-state index contributed by atoms with van der Waals surface area (Å²) in [4.78, 5) is 2.73. The molecule has 1 heterocycles. The average molecular weight is 280 g/mol. The number of hydrogen-bond acceptors (Lipinski definition) is 1. The summed E-state index contributed by atoms with van der Waals surface area (Å²) in [5, 5.41) is 0. The van der Waals surface area contributed by atoms with Crippen LogP contribution in [0.3, 0.4) is 0 Å². The molecule has 1 heteroatoms. The molecule has 118 valence electrons. The SMILES string of the molecule is C=C(C)C(C)(C)N1C(C)(C)C(C)(C)CC(C)(C)C1(C)C. The predicted molar refractivity (Wildman–Crippen MR) is 91.1 cm³/mol. The van der Waals surface area contributed by atoms with Gasteiger partial charge in [-0.2, -0.15) is 0 Å². The minimum absolute atomic E-state index is 0.0119. The standard InChI is InChI=1S/C19H37N/c1-14(2)17(7,8)20-18(9,10)15(3,4)13-16(5,6)19(20,11)12/h1,13H2,2-12H3. The number of nitrogens with zero attached hydrogens (tertiary/aromatic N) is 1. The van der Waals surface area contributed by atoms with Crippen molar-refractivity contribution < 1.29 is 0 Å². The zero-order chi connectivity index (χ0) is 16.4. The van der Waals surface area contributed by atoms with Crippen LogP contribution >= 0.6 is 0 Å². The van der Waals surface area contributed by atoms with Crippen molar-refractivity contribution in [1.29, 1.82) is 0 Å². The molecule has 0 bridgehead atoms. The van der Waals surface area contributed by atoms with E-state index in [1.807, 2.05) is 0 Å². The molecular weight excluding hydrogens is 242 g/mol. The van der Waals surface area contributed by atoms with Gasteiger partial charge in [-0.05, 0) is 65.7 Å². The van der Waals surface area contributed by atoms with Crippen molar-refractivity contribution >= 4 is 0 Å². The van der Waals surface area contributed by atoms with Crippen LogP contribution in [-0.4, -0.2) is 21.5 Å². The van der Waals surface area contributed by atoms with E-state index in [9.17, 15) is 0 Å². The highest BCUT2D eigenvalue weighted by Gasteiger charge is 2.62. The number of rotatable bonds is 2. The average Bonchev–Trinajstić information content (AvgIpc) is 2.11. The zero-order valence-corrected chi connectivity index (χ0v) is 15.9. The van der Waals surface area contributed by atoms with Crippen molar-refractivity contribution in [3.05, 3.63) is 12.2 Å². The van der Waals surface area contributed by atoms with Gasteiger partial charge in [0.05, 0.1) is 0 Å². The molecule has 0 N–H and O–H groups in total. The fourth-order valence-corrected chi connectivity index (χ4v) is 4.43. The van der Waals surface area contributed by atoms with Crippen molar-refractivity contribution in [2.24, 2.45) is 10.8 Å². The van der Waals surface area contributed by atoms with Crippen LogP contribution < -0.4 is 0 Å². The Labute approximate surface area is 127 Å². The second kappa shape index (κ2) is 4.35. The molecular formula is C19H37N. The van der Waals surface area contributed by atoms with Crippen molar-refractivity contribution in [2.75, 3.05) is 0 Å². The number of piperidine rings is 1. The lowest BCUT2D eigenvalue weighted by molar-refractivity contribution is -0.199. The molecule has 0 amide bonds. The molecule has 0 aliphatic carbocycles. The molecule has 0 spiro atoms. The number of likely N-dealkylation sites (tertiary alicyclic amines) is 1. The Morgan fingerprint density at radius 3 is 1.40 bits per heavy atom. The van der Waals surface area contributed by atoms with Crippen LogP contribution in [0.15, 0.2) is 12.2 Å². The Bertz CT molecular complexity index is 381. The Hall–Kier alpha value is -0.300. The van der Waals surface area contributed by atoms with E-state index in [1.54, 1.807) is 0 Å². The highest BCUT2D eigenvalue weighted by molar-refractivity contribution is 5.22. The molecule has 20 heavy (non-hydrogen) atoms. The zero-order valence-electron chi connectivity index (χ0n) is 15.9. The molecule has 1 saturated heterocycles. The van der Waals surface area contributed by atoms with Crippen LogP contribution in [0.25, 0.3) is 0 Å². The minimum Gasteiger partial charge on any atom is -0.283 e. The lowest BCUT2D eigenvalue weighted by Gasteiger charge is -2.71. The van der Waals surface area contributed by atoms with Crippen molar-refractivity contribution in [3.63, 3.8) is 0 Å². The first-order chi connectivity index (χ1) is 8.52. The third-order valence-electron chi connectivity index (χ3n) is 6.92. The van der Waals surface area contributed by atoms with E-state index < -0.39 is 0 Å². The van der Waals surface area contributed by atoms with E-state index in [1.165, 1.54) is 12.0 Å². The maximum atomic E-state index is 4.29. The molecule has 0 unspecified atom stereocenters. The Morgan fingerprint density at radius 2 is 1.15 bits per heavy atom. The smallest absolute Gasteiger partial charge is 0.0369 e. The quantitative estimate of drug-likeness (QED) is 0.590. The van der Waals surface area contributed by atoms with Crippen molar-refractivity contribution in [3.8, 4) is 0 Å². The first kappa shape index (κ1) is 17.8. The molecule has 0 aromatic carbocycles. The second-order valence-corrected chi connectivity index (χ2v) is 9.74. The summed E-state index contributed by atoms with van der Waals surface area (Å²) in [5.41, 5.74) is 2.00. The van der Waals surface area contributed by atoms with Crippen LogP contribution in [0, 0.1) is 10.8 Å². The molecule has 1 fully saturated rings. The molecule has 0 aromatic rings. The summed E-state index contributed by atoms with van der Waals surface area (Å²) in [6.07, 6.45) is 1.24. The molecule has 1 nitrogen and oxygen atoms in total. The van der Waals surface area contributed by atoms with E-state index in [2.05, 4.69) is 87.6 Å². The lowest BCUT2D eigenvalue weighted by atomic mass is 9.52. The summed E-state index contributed by atoms with van der Waals surface area (Å²) < 4.78 is 0. The Morgan fingerprint density at radius 1 is 0.850 bits per heavy atom. The molecule has 0 saturated carbocycles. The molecule has 0 aromatic heterocycles. The maximum absolute atomic E-state index is 4.29. The van der Waals surface area contributed by atoms with E-state index in [4.69, 9.17) is 0 Å². The van der Waals surface area contributed by atoms with Gasteiger partial charge >= 0.3 is 0 Å². The predicted octanol–water partition coefficient (Wildman–Crippen LogP) is 5.66. The second-order valence-electron chi connectivity index (χ2n) is 9.74. The molecule has 0 atom stereocenters. The summed E-state index contributed by atoms with van der Waals surface area (Å²) in [6.45, 7) is 30.4. The Balaban J connectivity index is 3.60. The summed E-state index contributed by atoms with van der Waals surface area (Å²) >= 11 is 0. The van der Waals surface area contributed by atoms with Gasteiger partial charge in [-0.25, -0.2) is 0 Å². The lowest BCUT2D eigenvalue weighted by Crippen LogP contribution is -2.76. The summed E-state index contributed by atoms with van der Waals surface area (Å²) in [5.74, 6) is 0. The van der Waals surface area contributed by atoms with Gasteiger partial charge < -0.3 is 0 Å². The van der Waals surface area contributed by atoms with E-state index >= 15 is 0 Å². The van der Waals surface area contributed by atoms with E-state index in [0.717, 1.165) is 0 Å². The van der Waals surface area contributed by atoms with Gasteiger partial charge in [-0.1, -0.05) is 39.8 Å². The fourth-order valence-electron chi connectivity index (χ4n) is 4.43. The minimum atomic E-state index is -0.0119. The van der Waals surface area contributed by atoms with Gasteiger partial charge in [0.25, 0.3) is 0 Å². The first-order valence-electron chi connectivity index (χ1n) is 7.98. The van der Waals surface area contributed by atoms with Crippen LogP contribution in [0.1, 0.15) is 82.6 Å². The van der Waals surface area contributed by atoms with Crippen LogP contribution in [0.5, 0.6) is 0 Å². The molecule has 0 radical (unpaired) electrons. The third kappa shape index (κ3) is 2.17. The number of hydrogen-bond donors (Lipinski definition) is 0. The van der Waals surface area contributed by atoms with E-state index in [0.29, 0.717) is 0 Å². The van der Waals surface area contributed by atoms with Gasteiger partial charge in [0, 0.05) is 16.6 Å². The molecule has 1 aliphatic heterocycles. The van der Waals surface area contributed by atoms with Gasteiger partial charge in [-0.15, -0.1) is 0 Å². The topological polar surface area (TPSA) is 3.24 Å². The maximum Gasteiger partial charge on any atom is 0.0369 e. The van der Waals surface area contributed by atoms with Gasteiger partial charge in [0.1, 0.15) is 0 Å². The van der Waals surface area contributed by atoms with E-state index in [-0.39, 0.29) is 27.4 Å². The largest absolute Gasteiger partial charge is 0.283 e. The van der Waals surface area contributed by atoms with Gasteiger partial charge in [-0.3, -0.25) is 4.90 Å². The van der Waals surface area contributed by atoms with Gasteiger partial charge in [0.2, 0.25) is 0 Å². The normalized spacial score (nSPS) is 28.1. The Kier molecular flexibility index (Phi) is 3.86.